The van der Waals surface area contributed by atoms with Gasteiger partial charge in [0.2, 0.25) is 0 Å². The van der Waals surface area contributed by atoms with E-state index < -0.39 is 11.8 Å². The fourth-order valence-electron chi connectivity index (χ4n) is 3.21. The zero-order chi connectivity index (χ0) is 20.2. The van der Waals surface area contributed by atoms with Gasteiger partial charge in [-0.2, -0.15) is 0 Å². The standard InChI is InChI=1S/C21H45O4PSe/c1-2-3-4-5-6-7-8-9-10-11-12-13-14-15-16-17-19-25-20-18-21(22)26(23,24)27/h21-22H,2-20H2,1H3,(H2,23,24,27). The Morgan fingerprint density at radius 3 is 1.41 bits per heavy atom. The molecule has 1 atom stereocenters. The van der Waals surface area contributed by atoms with Crippen molar-refractivity contribution in [1.29, 1.82) is 0 Å². The average molecular weight is 472 g/mol. The fourth-order valence-corrected chi connectivity index (χ4v) is 4.32. The SMILES string of the molecule is CCCCCCCCCCCCCCCCCCOCCC(O)P(O)(O)=[Se]. The van der Waals surface area contributed by atoms with E-state index in [2.05, 4.69) is 22.0 Å². The van der Waals surface area contributed by atoms with Crippen molar-refractivity contribution in [3.05, 3.63) is 0 Å². The van der Waals surface area contributed by atoms with Gasteiger partial charge in [-0.15, -0.1) is 0 Å². The Morgan fingerprint density at radius 2 is 1.04 bits per heavy atom. The summed E-state index contributed by atoms with van der Waals surface area (Å²) in [5.74, 6) is -4.34. The van der Waals surface area contributed by atoms with Crippen LogP contribution in [0.5, 0.6) is 0 Å². The molecule has 0 aromatic rings. The Kier molecular flexibility index (Phi) is 20.7. The van der Waals surface area contributed by atoms with E-state index in [1.165, 1.54) is 96.3 Å². The molecule has 0 rings (SSSR count). The molecular formula is C21H45O4PSe. The van der Waals surface area contributed by atoms with Crippen LogP contribution in [0.1, 0.15) is 116 Å². The molecule has 0 aromatic carbocycles. The summed E-state index contributed by atoms with van der Waals surface area (Å²) in [5, 5.41) is 9.47. The van der Waals surface area contributed by atoms with Gasteiger partial charge >= 0.3 is 105 Å². The molecule has 0 amide bonds. The van der Waals surface area contributed by atoms with Crippen molar-refractivity contribution >= 4 is 21.1 Å². The van der Waals surface area contributed by atoms with Gasteiger partial charge in [0.05, 0.1) is 0 Å². The number of aliphatic hydroxyl groups excluding tert-OH is 1. The first-order valence-electron chi connectivity index (χ1n) is 11.3. The summed E-state index contributed by atoms with van der Waals surface area (Å²) in [6.07, 6.45) is 22.0. The summed E-state index contributed by atoms with van der Waals surface area (Å²) in [7, 11) is 0. The first-order chi connectivity index (χ1) is 13.0. The van der Waals surface area contributed by atoms with Crippen molar-refractivity contribution in [2.45, 2.75) is 122 Å². The van der Waals surface area contributed by atoms with Crippen LogP contribution in [-0.2, 0) is 4.74 Å². The molecule has 1 unspecified atom stereocenters. The third-order valence-corrected chi connectivity index (χ3v) is 7.62. The van der Waals surface area contributed by atoms with Crippen LogP contribution in [0.4, 0.5) is 0 Å². The topological polar surface area (TPSA) is 69.9 Å². The molecule has 0 aliphatic carbocycles. The average Bonchev–Trinajstić information content (AvgIpc) is 2.62. The molecule has 3 N–H and O–H groups in total. The maximum absolute atomic E-state index is 9.47. The second-order valence-electron chi connectivity index (χ2n) is 7.77. The molecule has 0 heterocycles. The first-order valence-corrected chi connectivity index (χ1v) is 15.3. The Balaban J connectivity index is 3.10. The number of rotatable bonds is 21. The van der Waals surface area contributed by atoms with Gasteiger partial charge < -0.3 is 0 Å². The van der Waals surface area contributed by atoms with Crippen LogP contribution in [0.25, 0.3) is 0 Å². The van der Waals surface area contributed by atoms with Crippen LogP contribution in [0.2, 0.25) is 0 Å². The van der Waals surface area contributed by atoms with E-state index in [0.717, 1.165) is 6.42 Å². The van der Waals surface area contributed by atoms with Crippen molar-refractivity contribution in [2.75, 3.05) is 13.2 Å². The Labute approximate surface area is 175 Å². The third kappa shape index (κ3) is 21.3. The number of unbranched alkanes of at least 4 members (excludes halogenated alkanes) is 15. The summed E-state index contributed by atoms with van der Waals surface area (Å²) in [6.45, 7) is 3.35. The first kappa shape index (κ1) is 27.8. The zero-order valence-electron chi connectivity index (χ0n) is 17.6. The van der Waals surface area contributed by atoms with Gasteiger partial charge in [0, 0.05) is 0 Å². The van der Waals surface area contributed by atoms with Crippen LogP contribution >= 0.6 is 5.96 Å². The molecule has 0 saturated carbocycles. The van der Waals surface area contributed by atoms with Crippen molar-refractivity contribution in [3.63, 3.8) is 0 Å². The van der Waals surface area contributed by atoms with E-state index in [1.807, 2.05) is 0 Å². The van der Waals surface area contributed by atoms with Crippen LogP contribution < -0.4 is 0 Å². The fraction of sp³-hybridized carbons (Fsp3) is 1.00. The molecule has 0 aliphatic heterocycles. The van der Waals surface area contributed by atoms with Crippen molar-refractivity contribution in [2.24, 2.45) is 0 Å². The quantitative estimate of drug-likeness (QED) is 0.111. The second kappa shape index (κ2) is 20.1. The van der Waals surface area contributed by atoms with Crippen LogP contribution in [0.15, 0.2) is 0 Å². The summed E-state index contributed by atoms with van der Waals surface area (Å²) in [5.41, 5.74) is 0. The predicted octanol–water partition coefficient (Wildman–Crippen LogP) is 5.89. The molecule has 6 heteroatoms. The van der Waals surface area contributed by atoms with Gasteiger partial charge in [-0.05, 0) is 0 Å². The maximum atomic E-state index is 9.47. The monoisotopic (exact) mass is 472 g/mol. The van der Waals surface area contributed by atoms with Crippen LogP contribution in [-0.4, -0.2) is 49.1 Å². The van der Waals surface area contributed by atoms with Gasteiger partial charge in [0.1, 0.15) is 0 Å². The predicted molar refractivity (Wildman–Crippen MR) is 118 cm³/mol. The molecule has 0 aliphatic rings. The number of hydrogen-bond donors (Lipinski definition) is 3. The van der Waals surface area contributed by atoms with Gasteiger partial charge in [-0.25, -0.2) is 0 Å². The van der Waals surface area contributed by atoms with E-state index in [1.54, 1.807) is 0 Å². The van der Waals surface area contributed by atoms with Gasteiger partial charge in [-0.1, -0.05) is 71.1 Å². The van der Waals surface area contributed by atoms with Crippen molar-refractivity contribution in [1.82, 2.24) is 0 Å². The van der Waals surface area contributed by atoms with E-state index in [0.29, 0.717) is 13.2 Å². The molecule has 0 spiro atoms. The van der Waals surface area contributed by atoms with Crippen molar-refractivity contribution < 1.29 is 19.6 Å². The zero-order valence-corrected chi connectivity index (χ0v) is 20.2. The molecule has 4 nitrogen and oxygen atoms in total. The molecule has 0 aromatic heterocycles. The van der Waals surface area contributed by atoms with E-state index >= 15 is 0 Å². The van der Waals surface area contributed by atoms with Gasteiger partial charge in [-0.3, -0.25) is 0 Å². The molecule has 0 radical (unpaired) electrons. The van der Waals surface area contributed by atoms with E-state index in [9.17, 15) is 14.9 Å². The normalized spacial score (nSPS) is 13.2. The molecule has 164 valence electrons. The minimum atomic E-state index is -3.25. The molecular weight excluding hydrogens is 426 g/mol. The van der Waals surface area contributed by atoms with Crippen LogP contribution in [0, 0.1) is 0 Å². The van der Waals surface area contributed by atoms with Gasteiger partial charge in [0.25, 0.3) is 0 Å². The van der Waals surface area contributed by atoms with Gasteiger partial charge in [0.15, 0.2) is 0 Å². The Hall–Kier alpha value is 0.789. The van der Waals surface area contributed by atoms with E-state index in [4.69, 9.17) is 4.74 Å². The van der Waals surface area contributed by atoms with Crippen molar-refractivity contribution in [3.8, 4) is 0 Å². The second-order valence-corrected chi connectivity index (χ2v) is 12.9. The number of hydrogen-bond acceptors (Lipinski definition) is 4. The molecule has 27 heavy (non-hydrogen) atoms. The summed E-state index contributed by atoms with van der Waals surface area (Å²) in [6, 6.07) is 0. The molecule has 0 saturated heterocycles. The summed E-state index contributed by atoms with van der Waals surface area (Å²) < 4.78 is 5.44. The molecule has 0 fully saturated rings. The Bertz CT molecular complexity index is 349. The summed E-state index contributed by atoms with van der Waals surface area (Å²) in [4.78, 5) is 18.5. The molecule has 0 bridgehead atoms. The third-order valence-electron chi connectivity index (χ3n) is 5.05. The summed E-state index contributed by atoms with van der Waals surface area (Å²) >= 11 is 2.24. The van der Waals surface area contributed by atoms with Crippen LogP contribution in [0.3, 0.4) is 0 Å². The number of aliphatic hydroxyl groups is 1. The minimum absolute atomic E-state index is 0.270. The number of ether oxygens (including phenoxy) is 1. The van der Waals surface area contributed by atoms with E-state index in [-0.39, 0.29) is 6.42 Å². The Morgan fingerprint density at radius 1 is 0.667 bits per heavy atom.